The third-order valence-electron chi connectivity index (χ3n) is 3.22. The minimum absolute atomic E-state index is 0.00134. The molecule has 0 atom stereocenters. The summed E-state index contributed by atoms with van der Waals surface area (Å²) in [4.78, 5) is 22.4. The molecule has 0 unspecified atom stereocenters. The van der Waals surface area contributed by atoms with Crippen LogP contribution in [0.15, 0.2) is 0 Å². The molecule has 0 fully saturated rings. The molecule has 0 saturated carbocycles. The fraction of sp³-hybridized carbons (Fsp3) is 0.867. The van der Waals surface area contributed by atoms with E-state index in [4.69, 9.17) is 5.73 Å². The number of nitrogens with two attached hydrogens (primary N) is 1. The van der Waals surface area contributed by atoms with E-state index >= 15 is 0 Å². The first kappa shape index (κ1) is 17.9. The predicted molar refractivity (Wildman–Crippen MR) is 78.5 cm³/mol. The van der Waals surface area contributed by atoms with Gasteiger partial charge in [-0.2, -0.15) is 0 Å². The van der Waals surface area contributed by atoms with Gasteiger partial charge in [0.25, 0.3) is 0 Å². The second kappa shape index (κ2) is 7.51. The highest BCUT2D eigenvalue weighted by molar-refractivity contribution is 5.78. The van der Waals surface area contributed by atoms with Crippen molar-refractivity contribution in [3.63, 3.8) is 0 Å². The Morgan fingerprint density at radius 3 is 2.16 bits per heavy atom. The van der Waals surface area contributed by atoms with Crippen molar-refractivity contribution in [2.24, 2.45) is 16.6 Å². The number of amides is 2. The Labute approximate surface area is 117 Å². The normalized spacial score (nSPS) is 12.3. The van der Waals surface area contributed by atoms with Crippen molar-refractivity contribution in [2.45, 2.75) is 66.7 Å². The SMILES string of the molecule is CCCC(C)(C)CC(C)(C)CC(=O)NCCC(N)=O. The van der Waals surface area contributed by atoms with E-state index in [-0.39, 0.29) is 29.1 Å². The zero-order valence-electron chi connectivity index (χ0n) is 13.1. The van der Waals surface area contributed by atoms with Crippen molar-refractivity contribution >= 4 is 11.8 Å². The van der Waals surface area contributed by atoms with Gasteiger partial charge in [-0.15, -0.1) is 0 Å². The van der Waals surface area contributed by atoms with Crippen molar-refractivity contribution in [3.05, 3.63) is 0 Å². The van der Waals surface area contributed by atoms with Crippen molar-refractivity contribution < 1.29 is 9.59 Å². The van der Waals surface area contributed by atoms with Crippen LogP contribution < -0.4 is 11.1 Å². The number of carbonyl (C=O) groups excluding carboxylic acids is 2. The summed E-state index contributed by atoms with van der Waals surface area (Å²) in [6.07, 6.45) is 4.02. The number of primary amides is 1. The first-order chi connectivity index (χ1) is 8.58. The minimum atomic E-state index is -0.386. The average molecular weight is 270 g/mol. The van der Waals surface area contributed by atoms with Gasteiger partial charge in [-0.1, -0.05) is 41.0 Å². The molecule has 0 spiro atoms. The largest absolute Gasteiger partial charge is 0.370 e. The molecular weight excluding hydrogens is 240 g/mol. The van der Waals surface area contributed by atoms with Crippen LogP contribution in [0.25, 0.3) is 0 Å². The fourth-order valence-electron chi connectivity index (χ4n) is 2.95. The number of nitrogens with one attached hydrogen (secondary N) is 1. The van der Waals surface area contributed by atoms with Gasteiger partial charge in [-0.25, -0.2) is 0 Å². The zero-order valence-corrected chi connectivity index (χ0v) is 13.1. The number of hydrogen-bond donors (Lipinski definition) is 2. The molecule has 0 aliphatic heterocycles. The van der Waals surface area contributed by atoms with Crippen LogP contribution in [0.1, 0.15) is 66.7 Å². The standard InChI is InChI=1S/C15H30N2O2/c1-6-8-14(2,3)11-15(4,5)10-13(19)17-9-7-12(16)18/h6-11H2,1-5H3,(H2,16,18)(H,17,19). The van der Waals surface area contributed by atoms with Gasteiger partial charge in [0.1, 0.15) is 0 Å². The summed E-state index contributed by atoms with van der Waals surface area (Å²) in [6, 6.07) is 0. The minimum Gasteiger partial charge on any atom is -0.370 e. The Bertz CT molecular complexity index is 309. The van der Waals surface area contributed by atoms with Gasteiger partial charge in [0.05, 0.1) is 0 Å². The topological polar surface area (TPSA) is 72.2 Å². The lowest BCUT2D eigenvalue weighted by molar-refractivity contribution is -0.123. The number of carbonyl (C=O) groups is 2. The molecule has 0 radical (unpaired) electrons. The van der Waals surface area contributed by atoms with Crippen LogP contribution >= 0.6 is 0 Å². The van der Waals surface area contributed by atoms with Gasteiger partial charge in [-0.3, -0.25) is 9.59 Å². The first-order valence-corrected chi connectivity index (χ1v) is 7.13. The van der Waals surface area contributed by atoms with Gasteiger partial charge >= 0.3 is 0 Å². The first-order valence-electron chi connectivity index (χ1n) is 7.13. The van der Waals surface area contributed by atoms with Crippen LogP contribution in [0.5, 0.6) is 0 Å². The van der Waals surface area contributed by atoms with Crippen molar-refractivity contribution in [3.8, 4) is 0 Å². The maximum absolute atomic E-state index is 11.8. The lowest BCUT2D eigenvalue weighted by atomic mass is 9.71. The highest BCUT2D eigenvalue weighted by atomic mass is 16.2. The highest BCUT2D eigenvalue weighted by Crippen LogP contribution is 2.38. The summed E-state index contributed by atoms with van der Waals surface area (Å²) in [5, 5.41) is 2.75. The van der Waals surface area contributed by atoms with Crippen LogP contribution in [0.3, 0.4) is 0 Å². The van der Waals surface area contributed by atoms with Crippen LogP contribution in [0.2, 0.25) is 0 Å². The summed E-state index contributed by atoms with van der Waals surface area (Å²) < 4.78 is 0. The quantitative estimate of drug-likeness (QED) is 0.676. The lowest BCUT2D eigenvalue weighted by Gasteiger charge is -2.34. The fourth-order valence-corrected chi connectivity index (χ4v) is 2.95. The summed E-state index contributed by atoms with van der Waals surface area (Å²) in [6.45, 7) is 11.3. The van der Waals surface area contributed by atoms with E-state index in [1.807, 2.05) is 0 Å². The molecule has 4 nitrogen and oxygen atoms in total. The summed E-state index contributed by atoms with van der Waals surface area (Å²) in [5.74, 6) is -0.387. The predicted octanol–water partition coefficient (Wildman–Crippen LogP) is 2.61. The smallest absolute Gasteiger partial charge is 0.220 e. The molecule has 0 aromatic carbocycles. The average Bonchev–Trinajstić information content (AvgIpc) is 2.12. The second-order valence-electron chi connectivity index (χ2n) is 7.00. The van der Waals surface area contributed by atoms with Crippen LogP contribution in [0.4, 0.5) is 0 Å². The van der Waals surface area contributed by atoms with Gasteiger partial charge in [0.15, 0.2) is 0 Å². The Morgan fingerprint density at radius 2 is 1.68 bits per heavy atom. The Hall–Kier alpha value is -1.06. The van der Waals surface area contributed by atoms with E-state index in [0.717, 1.165) is 12.8 Å². The maximum atomic E-state index is 11.8. The Morgan fingerprint density at radius 1 is 1.11 bits per heavy atom. The lowest BCUT2D eigenvalue weighted by Crippen LogP contribution is -2.33. The van der Waals surface area contributed by atoms with Crippen LogP contribution in [0, 0.1) is 10.8 Å². The molecule has 0 heterocycles. The maximum Gasteiger partial charge on any atom is 0.220 e. The van der Waals surface area contributed by atoms with Crippen LogP contribution in [-0.2, 0) is 9.59 Å². The van der Waals surface area contributed by atoms with E-state index in [2.05, 4.69) is 39.9 Å². The summed E-state index contributed by atoms with van der Waals surface area (Å²) in [7, 11) is 0. The number of rotatable bonds is 9. The van der Waals surface area contributed by atoms with Gasteiger partial charge in [-0.05, 0) is 23.7 Å². The molecule has 3 N–H and O–H groups in total. The molecular formula is C15H30N2O2. The Balaban J connectivity index is 4.20. The van der Waals surface area contributed by atoms with Crippen molar-refractivity contribution in [1.29, 1.82) is 0 Å². The molecule has 0 rings (SSSR count). The number of hydrogen-bond acceptors (Lipinski definition) is 2. The Kier molecular flexibility index (Phi) is 7.09. The molecule has 19 heavy (non-hydrogen) atoms. The molecule has 112 valence electrons. The molecule has 0 bridgehead atoms. The summed E-state index contributed by atoms with van der Waals surface area (Å²) >= 11 is 0. The second-order valence-corrected chi connectivity index (χ2v) is 7.00. The highest BCUT2D eigenvalue weighted by Gasteiger charge is 2.30. The molecule has 0 aliphatic rings. The van der Waals surface area contributed by atoms with Gasteiger partial charge in [0.2, 0.25) is 11.8 Å². The van der Waals surface area contributed by atoms with E-state index in [0.29, 0.717) is 13.0 Å². The molecule has 0 aromatic heterocycles. The van der Waals surface area contributed by atoms with Crippen molar-refractivity contribution in [1.82, 2.24) is 5.32 Å². The van der Waals surface area contributed by atoms with E-state index in [9.17, 15) is 9.59 Å². The summed E-state index contributed by atoms with van der Waals surface area (Å²) in [5.41, 5.74) is 5.26. The molecule has 0 aromatic rings. The van der Waals surface area contributed by atoms with Crippen molar-refractivity contribution in [2.75, 3.05) is 6.54 Å². The zero-order chi connectivity index (χ0) is 15.1. The molecule has 0 aliphatic carbocycles. The molecule has 0 saturated heterocycles. The van der Waals surface area contributed by atoms with Crippen LogP contribution in [-0.4, -0.2) is 18.4 Å². The van der Waals surface area contributed by atoms with E-state index < -0.39 is 0 Å². The third kappa shape index (κ3) is 9.51. The third-order valence-corrected chi connectivity index (χ3v) is 3.22. The molecule has 2 amide bonds. The van der Waals surface area contributed by atoms with E-state index in [1.54, 1.807) is 0 Å². The monoisotopic (exact) mass is 270 g/mol. The van der Waals surface area contributed by atoms with E-state index in [1.165, 1.54) is 6.42 Å². The van der Waals surface area contributed by atoms with Gasteiger partial charge in [0, 0.05) is 19.4 Å². The molecule has 4 heteroatoms. The van der Waals surface area contributed by atoms with Gasteiger partial charge < -0.3 is 11.1 Å².